The second kappa shape index (κ2) is 7.22. The third-order valence-corrected chi connectivity index (χ3v) is 2.42. The number of ether oxygens (including phenoxy) is 1. The molecule has 0 radical (unpaired) electrons. The Labute approximate surface area is 112 Å². The van der Waals surface area contributed by atoms with Crippen molar-refractivity contribution < 1.29 is 28.2 Å². The van der Waals surface area contributed by atoms with E-state index in [2.05, 4.69) is 14.9 Å². The van der Waals surface area contributed by atoms with Crippen LogP contribution in [0.2, 0.25) is 0 Å². The molecule has 0 heterocycles. The maximum Gasteiger partial charge on any atom is 0.406 e. The lowest BCUT2D eigenvalue weighted by atomic mass is 10.00. The number of nitrogens with zero attached hydrogens (tertiary/aromatic N) is 1. The van der Waals surface area contributed by atoms with E-state index in [1.165, 1.54) is 0 Å². The van der Waals surface area contributed by atoms with Crippen LogP contribution < -0.4 is 5.32 Å². The van der Waals surface area contributed by atoms with Crippen molar-refractivity contribution >= 4 is 6.09 Å². The third-order valence-electron chi connectivity index (χ3n) is 2.42. The predicted octanol–water partition coefficient (Wildman–Crippen LogP) is 1.61. The van der Waals surface area contributed by atoms with Gasteiger partial charge in [-0.3, -0.25) is 0 Å². The SMILES string of the molecule is COC(=O)NCC(CO[N+](=O)[O-])c1cc(F)cc(F)c1. The Morgan fingerprint density at radius 2 is 2.00 bits per heavy atom. The molecule has 0 aromatic heterocycles. The highest BCUT2D eigenvalue weighted by Gasteiger charge is 2.17. The van der Waals surface area contributed by atoms with Crippen LogP contribution in [-0.4, -0.2) is 31.4 Å². The van der Waals surface area contributed by atoms with Crippen molar-refractivity contribution in [2.45, 2.75) is 5.92 Å². The van der Waals surface area contributed by atoms with Crippen LogP contribution in [0.15, 0.2) is 18.2 Å². The molecule has 1 N–H and O–H groups in total. The first-order chi connectivity index (χ1) is 9.42. The number of amides is 1. The number of carbonyl (C=O) groups is 1. The van der Waals surface area contributed by atoms with Crippen LogP contribution in [0.3, 0.4) is 0 Å². The predicted molar refractivity (Wildman–Crippen MR) is 62.5 cm³/mol. The smallest absolute Gasteiger partial charge is 0.406 e. The quantitative estimate of drug-likeness (QED) is 0.635. The van der Waals surface area contributed by atoms with Gasteiger partial charge in [0.05, 0.1) is 7.11 Å². The third kappa shape index (κ3) is 5.04. The van der Waals surface area contributed by atoms with Gasteiger partial charge < -0.3 is 14.9 Å². The lowest BCUT2D eigenvalue weighted by molar-refractivity contribution is -0.758. The highest BCUT2D eigenvalue weighted by molar-refractivity contribution is 5.66. The minimum atomic E-state index is -1.03. The summed E-state index contributed by atoms with van der Waals surface area (Å²) in [6.07, 6.45) is -0.770. The molecule has 1 rings (SSSR count). The number of hydrogen-bond donors (Lipinski definition) is 1. The van der Waals surface area contributed by atoms with Gasteiger partial charge in [0.25, 0.3) is 5.09 Å². The molecule has 1 aromatic rings. The first-order valence-corrected chi connectivity index (χ1v) is 5.47. The Morgan fingerprint density at radius 3 is 2.50 bits per heavy atom. The summed E-state index contributed by atoms with van der Waals surface area (Å²) < 4.78 is 30.6. The van der Waals surface area contributed by atoms with Crippen LogP contribution in [0.5, 0.6) is 0 Å². The average molecular weight is 290 g/mol. The molecule has 1 aromatic carbocycles. The summed E-state index contributed by atoms with van der Waals surface area (Å²) in [5.41, 5.74) is 0.126. The van der Waals surface area contributed by atoms with Crippen LogP contribution in [-0.2, 0) is 9.57 Å². The Morgan fingerprint density at radius 1 is 1.40 bits per heavy atom. The fourth-order valence-electron chi connectivity index (χ4n) is 1.51. The zero-order chi connectivity index (χ0) is 15.1. The van der Waals surface area contributed by atoms with Gasteiger partial charge in [-0.25, -0.2) is 13.6 Å². The number of carbonyl (C=O) groups excluding carboxylic acids is 1. The van der Waals surface area contributed by atoms with Crippen LogP contribution in [0.4, 0.5) is 13.6 Å². The van der Waals surface area contributed by atoms with E-state index in [1.807, 2.05) is 0 Å². The topological polar surface area (TPSA) is 90.7 Å². The summed E-state index contributed by atoms with van der Waals surface area (Å²) in [6, 6.07) is 2.69. The fourth-order valence-corrected chi connectivity index (χ4v) is 1.51. The van der Waals surface area contributed by atoms with Crippen molar-refractivity contribution in [2.24, 2.45) is 0 Å². The fraction of sp³-hybridized carbons (Fsp3) is 0.364. The van der Waals surface area contributed by atoms with Gasteiger partial charge >= 0.3 is 6.09 Å². The van der Waals surface area contributed by atoms with Crippen molar-refractivity contribution in [3.05, 3.63) is 45.5 Å². The number of methoxy groups -OCH3 is 1. The van der Waals surface area contributed by atoms with Crippen LogP contribution in [0, 0.1) is 21.7 Å². The number of halogens is 2. The number of benzene rings is 1. The van der Waals surface area contributed by atoms with E-state index >= 15 is 0 Å². The highest BCUT2D eigenvalue weighted by Crippen LogP contribution is 2.18. The minimum absolute atomic E-state index is 0.126. The summed E-state index contributed by atoms with van der Waals surface area (Å²) >= 11 is 0. The van der Waals surface area contributed by atoms with E-state index in [1.54, 1.807) is 0 Å². The first-order valence-electron chi connectivity index (χ1n) is 5.47. The molecule has 0 spiro atoms. The molecule has 1 amide bonds. The van der Waals surface area contributed by atoms with Crippen molar-refractivity contribution in [3.8, 4) is 0 Å². The summed E-state index contributed by atoms with van der Waals surface area (Å²) in [4.78, 5) is 25.3. The molecular weight excluding hydrogens is 278 g/mol. The van der Waals surface area contributed by atoms with E-state index in [4.69, 9.17) is 0 Å². The summed E-state index contributed by atoms with van der Waals surface area (Å²) in [5, 5.41) is 11.4. The van der Waals surface area contributed by atoms with E-state index in [9.17, 15) is 23.7 Å². The van der Waals surface area contributed by atoms with Gasteiger partial charge in [-0.2, -0.15) is 0 Å². The average Bonchev–Trinajstić information content (AvgIpc) is 2.36. The highest BCUT2D eigenvalue weighted by atomic mass is 19.1. The van der Waals surface area contributed by atoms with Gasteiger partial charge in [0, 0.05) is 18.5 Å². The standard InChI is InChI=1S/C11H12F2N2O5/c1-19-11(16)14-5-8(6-20-15(17)18)7-2-9(12)4-10(13)3-7/h2-4,8H,5-6H2,1H3,(H,14,16). The lowest BCUT2D eigenvalue weighted by Gasteiger charge is -2.16. The van der Waals surface area contributed by atoms with Crippen LogP contribution in [0.25, 0.3) is 0 Å². The van der Waals surface area contributed by atoms with E-state index in [0.29, 0.717) is 6.07 Å². The van der Waals surface area contributed by atoms with Crippen LogP contribution in [0.1, 0.15) is 11.5 Å². The zero-order valence-corrected chi connectivity index (χ0v) is 10.5. The largest absolute Gasteiger partial charge is 0.453 e. The van der Waals surface area contributed by atoms with Crippen molar-refractivity contribution in [1.29, 1.82) is 0 Å². The second-order valence-electron chi connectivity index (χ2n) is 3.79. The molecular formula is C11H12F2N2O5. The Kier molecular flexibility index (Phi) is 5.63. The lowest BCUT2D eigenvalue weighted by Crippen LogP contribution is -2.30. The van der Waals surface area contributed by atoms with E-state index in [-0.39, 0.29) is 12.1 Å². The van der Waals surface area contributed by atoms with Crippen molar-refractivity contribution in [1.82, 2.24) is 5.32 Å². The molecule has 0 aliphatic heterocycles. The molecule has 7 nitrogen and oxygen atoms in total. The molecule has 110 valence electrons. The van der Waals surface area contributed by atoms with Gasteiger partial charge in [0.2, 0.25) is 0 Å². The van der Waals surface area contributed by atoms with Crippen LogP contribution >= 0.6 is 0 Å². The zero-order valence-electron chi connectivity index (χ0n) is 10.5. The van der Waals surface area contributed by atoms with Gasteiger partial charge in [0.15, 0.2) is 0 Å². The maximum atomic E-state index is 13.1. The van der Waals surface area contributed by atoms with E-state index in [0.717, 1.165) is 19.2 Å². The summed E-state index contributed by atoms with van der Waals surface area (Å²) in [7, 11) is 1.14. The molecule has 20 heavy (non-hydrogen) atoms. The molecule has 0 aliphatic rings. The molecule has 0 saturated heterocycles. The number of nitrogens with one attached hydrogen (secondary N) is 1. The molecule has 1 atom stereocenters. The number of alkyl carbamates (subject to hydrolysis) is 1. The summed E-state index contributed by atoms with van der Waals surface area (Å²) in [5.74, 6) is -2.46. The number of rotatable bonds is 6. The molecule has 1 unspecified atom stereocenters. The van der Waals surface area contributed by atoms with Gasteiger partial charge in [0.1, 0.15) is 18.2 Å². The number of hydrogen-bond acceptors (Lipinski definition) is 5. The van der Waals surface area contributed by atoms with E-state index < -0.39 is 35.3 Å². The minimum Gasteiger partial charge on any atom is -0.453 e. The summed E-state index contributed by atoms with van der Waals surface area (Å²) in [6.45, 7) is -0.594. The molecule has 0 fully saturated rings. The molecule has 9 heteroatoms. The Balaban J connectivity index is 2.84. The van der Waals surface area contributed by atoms with Crippen molar-refractivity contribution in [3.63, 3.8) is 0 Å². The Hall–Kier alpha value is -2.45. The normalized spacial score (nSPS) is 11.6. The van der Waals surface area contributed by atoms with Crippen molar-refractivity contribution in [2.75, 3.05) is 20.3 Å². The van der Waals surface area contributed by atoms with Gasteiger partial charge in [-0.1, -0.05) is 0 Å². The van der Waals surface area contributed by atoms with Gasteiger partial charge in [-0.05, 0) is 17.7 Å². The molecule has 0 saturated carbocycles. The maximum absolute atomic E-state index is 13.1. The second-order valence-corrected chi connectivity index (χ2v) is 3.79. The Bertz CT molecular complexity index is 477. The first kappa shape index (κ1) is 15.6. The molecule has 0 bridgehead atoms. The molecule has 0 aliphatic carbocycles. The monoisotopic (exact) mass is 290 g/mol. The van der Waals surface area contributed by atoms with Gasteiger partial charge in [-0.15, -0.1) is 10.1 Å².